The predicted molar refractivity (Wildman–Crippen MR) is 190 cm³/mol. The van der Waals surface area contributed by atoms with Crippen LogP contribution in [0.2, 0.25) is 0 Å². The molecule has 14 heteroatoms. The zero-order chi connectivity index (χ0) is 34.3. The highest BCUT2D eigenvalue weighted by atomic mass is 31.1. The van der Waals surface area contributed by atoms with E-state index < -0.39 is 0 Å². The van der Waals surface area contributed by atoms with Gasteiger partial charge in [0.05, 0.1) is 6.61 Å². The summed E-state index contributed by atoms with van der Waals surface area (Å²) < 4.78 is 17.5. The van der Waals surface area contributed by atoms with Crippen LogP contribution in [0.3, 0.4) is 0 Å². The fraction of sp³-hybridized carbons (Fsp3) is 0.818. The van der Waals surface area contributed by atoms with Gasteiger partial charge in [-0.15, -0.1) is 20.8 Å². The van der Waals surface area contributed by atoms with Gasteiger partial charge in [-0.05, 0) is 81.9 Å². The molecule has 12 nitrogen and oxygen atoms in total. The second-order valence-corrected chi connectivity index (χ2v) is 17.7. The van der Waals surface area contributed by atoms with Gasteiger partial charge in [-0.1, -0.05) is 41.0 Å². The van der Waals surface area contributed by atoms with E-state index in [1.54, 1.807) is 0 Å². The molecule has 2 aromatic heterocycles. The quantitative estimate of drug-likeness (QED) is 0.0563. The summed E-state index contributed by atoms with van der Waals surface area (Å²) in [5, 5.41) is 27.7. The number of hydrogen-bond donors (Lipinski definition) is 3. The standard InChI is InChI=1S/C33H60N6O6P2/c1-6-7-19-46(21-10-15-40)24-13-18-43-32-37-30(27(4)5)38-33(39-32)45-25-44-31-35-28(34-29(36-31)26(2)3)14-8-9-20-47(22-11-16-41)23-12-17-42/h26-27,40-42H,6-25H2,1-5H3. The lowest BCUT2D eigenvalue weighted by molar-refractivity contribution is 0.0973. The molecule has 47 heavy (non-hydrogen) atoms. The van der Waals surface area contributed by atoms with Crippen LogP contribution >= 0.6 is 15.8 Å². The highest BCUT2D eigenvalue weighted by Gasteiger charge is 2.15. The van der Waals surface area contributed by atoms with E-state index in [0.29, 0.717) is 24.1 Å². The minimum Gasteiger partial charge on any atom is -0.463 e. The summed E-state index contributed by atoms with van der Waals surface area (Å²) in [7, 11) is -0.266. The second kappa shape index (κ2) is 25.2. The molecule has 0 amide bonds. The normalized spacial score (nSPS) is 12.3. The predicted octanol–water partition coefficient (Wildman–Crippen LogP) is 5.72. The SMILES string of the molecule is CCCCP(CCCO)CCCOc1nc(OCOc2nc(CCCCP(CCCO)CCCO)nc(C(C)C)n2)nc(C(C)C)n1. The van der Waals surface area contributed by atoms with E-state index in [4.69, 9.17) is 14.2 Å². The maximum Gasteiger partial charge on any atom is 0.325 e. The number of nitrogens with zero attached hydrogens (tertiary/aromatic N) is 6. The van der Waals surface area contributed by atoms with Crippen LogP contribution in [0.4, 0.5) is 0 Å². The summed E-state index contributed by atoms with van der Waals surface area (Å²) in [5.74, 6) is 2.12. The first kappa shape index (κ1) is 41.3. The van der Waals surface area contributed by atoms with Crippen molar-refractivity contribution in [1.29, 1.82) is 0 Å². The van der Waals surface area contributed by atoms with Gasteiger partial charge in [-0.3, -0.25) is 0 Å². The van der Waals surface area contributed by atoms with Gasteiger partial charge >= 0.3 is 18.0 Å². The van der Waals surface area contributed by atoms with Crippen molar-refractivity contribution in [3.63, 3.8) is 0 Å². The molecule has 0 saturated heterocycles. The first-order chi connectivity index (χ1) is 22.8. The Bertz CT molecular complexity index is 1000. The molecule has 268 valence electrons. The van der Waals surface area contributed by atoms with Crippen molar-refractivity contribution in [2.75, 3.05) is 70.2 Å². The van der Waals surface area contributed by atoms with Crippen molar-refractivity contribution in [3.05, 3.63) is 17.5 Å². The van der Waals surface area contributed by atoms with E-state index in [9.17, 15) is 15.3 Å². The number of rotatable bonds is 28. The van der Waals surface area contributed by atoms with Crippen molar-refractivity contribution in [1.82, 2.24) is 29.9 Å². The molecule has 1 unspecified atom stereocenters. The Kier molecular flexibility index (Phi) is 22.1. The molecule has 0 aliphatic heterocycles. The molecule has 2 rings (SSSR count). The van der Waals surface area contributed by atoms with Crippen LogP contribution in [-0.4, -0.2) is 115 Å². The van der Waals surface area contributed by atoms with Crippen LogP contribution in [0.15, 0.2) is 0 Å². The van der Waals surface area contributed by atoms with E-state index in [-0.39, 0.29) is 72.3 Å². The Balaban J connectivity index is 1.95. The Morgan fingerprint density at radius 1 is 0.532 bits per heavy atom. The molecule has 2 aromatic rings. The molecule has 0 aliphatic rings. The molecule has 0 fully saturated rings. The molecule has 0 radical (unpaired) electrons. The van der Waals surface area contributed by atoms with Crippen LogP contribution in [0.5, 0.6) is 18.0 Å². The molecule has 2 heterocycles. The number of unbranched alkanes of at least 4 members (excludes halogenated alkanes) is 2. The van der Waals surface area contributed by atoms with Gasteiger partial charge in [0.15, 0.2) is 0 Å². The maximum absolute atomic E-state index is 9.25. The number of ether oxygens (including phenoxy) is 3. The average Bonchev–Trinajstić information content (AvgIpc) is 3.06. The largest absolute Gasteiger partial charge is 0.463 e. The smallest absolute Gasteiger partial charge is 0.325 e. The van der Waals surface area contributed by atoms with Gasteiger partial charge in [0.25, 0.3) is 0 Å². The number of aliphatic hydroxyl groups is 3. The molecular formula is C33H60N6O6P2. The third-order valence-corrected chi connectivity index (χ3v) is 13.1. The third-order valence-electron chi connectivity index (χ3n) is 7.40. The van der Waals surface area contributed by atoms with E-state index in [1.807, 2.05) is 27.7 Å². The topological polar surface area (TPSA) is 166 Å². The fourth-order valence-corrected chi connectivity index (χ4v) is 9.85. The third kappa shape index (κ3) is 17.9. The number of hydrogen-bond acceptors (Lipinski definition) is 12. The maximum atomic E-state index is 9.25. The van der Waals surface area contributed by atoms with E-state index >= 15 is 0 Å². The average molecular weight is 699 g/mol. The number of aryl methyl sites for hydroxylation is 1. The van der Waals surface area contributed by atoms with Gasteiger partial charge in [0, 0.05) is 38.1 Å². The van der Waals surface area contributed by atoms with Crippen molar-refractivity contribution >= 4 is 15.8 Å². The van der Waals surface area contributed by atoms with Crippen molar-refractivity contribution in [3.8, 4) is 18.0 Å². The Labute approximate surface area is 284 Å². The lowest BCUT2D eigenvalue weighted by Gasteiger charge is -2.17. The van der Waals surface area contributed by atoms with E-state index in [1.165, 1.54) is 19.0 Å². The van der Waals surface area contributed by atoms with Crippen molar-refractivity contribution in [2.45, 2.75) is 104 Å². The second-order valence-electron chi connectivity index (χ2n) is 12.3. The summed E-state index contributed by atoms with van der Waals surface area (Å²) in [5.41, 5.74) is 0. The van der Waals surface area contributed by atoms with Crippen molar-refractivity contribution < 1.29 is 29.5 Å². The first-order valence-electron chi connectivity index (χ1n) is 17.5. The summed E-state index contributed by atoms with van der Waals surface area (Å²) in [6.07, 6.45) is 15.3. The van der Waals surface area contributed by atoms with Gasteiger partial charge in [0.2, 0.25) is 6.79 Å². The number of aliphatic hydroxyl groups excluding tert-OH is 3. The minimum atomic E-state index is -0.174. The van der Waals surface area contributed by atoms with Crippen LogP contribution < -0.4 is 14.2 Å². The Hall–Kier alpha value is -1.84. The van der Waals surface area contributed by atoms with Gasteiger partial charge in [-0.25, -0.2) is 4.98 Å². The molecule has 1 atom stereocenters. The van der Waals surface area contributed by atoms with Crippen LogP contribution in [0.1, 0.15) is 115 Å². The zero-order valence-corrected chi connectivity index (χ0v) is 31.2. The lowest BCUT2D eigenvalue weighted by atomic mass is 10.2. The number of aromatic nitrogens is 6. The summed E-state index contributed by atoms with van der Waals surface area (Å²) in [4.78, 5) is 27.0. The lowest BCUT2D eigenvalue weighted by Crippen LogP contribution is -2.15. The van der Waals surface area contributed by atoms with Crippen LogP contribution in [0, 0.1) is 0 Å². The van der Waals surface area contributed by atoms with Gasteiger partial charge in [-0.2, -0.15) is 19.9 Å². The summed E-state index contributed by atoms with van der Waals surface area (Å²) in [6.45, 7) is 11.4. The minimum absolute atomic E-state index is 0.0598. The highest BCUT2D eigenvalue weighted by molar-refractivity contribution is 7.57. The summed E-state index contributed by atoms with van der Waals surface area (Å²) >= 11 is 0. The molecule has 0 saturated carbocycles. The molecule has 0 bridgehead atoms. The molecule has 0 aliphatic carbocycles. The molecule has 3 N–H and O–H groups in total. The highest BCUT2D eigenvalue weighted by Crippen LogP contribution is 2.38. The van der Waals surface area contributed by atoms with E-state index in [0.717, 1.165) is 75.8 Å². The van der Waals surface area contributed by atoms with E-state index in [2.05, 4.69) is 36.8 Å². The van der Waals surface area contributed by atoms with Crippen LogP contribution in [0.25, 0.3) is 0 Å². The summed E-state index contributed by atoms with van der Waals surface area (Å²) in [6, 6.07) is 0.583. The molecular weight excluding hydrogens is 638 g/mol. The molecule has 0 spiro atoms. The zero-order valence-electron chi connectivity index (χ0n) is 29.4. The van der Waals surface area contributed by atoms with Gasteiger partial charge in [0.1, 0.15) is 17.5 Å². The monoisotopic (exact) mass is 698 g/mol. The Morgan fingerprint density at radius 2 is 1.00 bits per heavy atom. The fourth-order valence-electron chi connectivity index (χ4n) is 4.73. The Morgan fingerprint density at radius 3 is 1.53 bits per heavy atom. The first-order valence-corrected chi connectivity index (χ1v) is 21.2. The van der Waals surface area contributed by atoms with Crippen LogP contribution in [-0.2, 0) is 6.42 Å². The van der Waals surface area contributed by atoms with Gasteiger partial charge < -0.3 is 29.5 Å². The molecule has 0 aromatic carbocycles. The van der Waals surface area contributed by atoms with Crippen molar-refractivity contribution in [2.24, 2.45) is 0 Å².